The Bertz CT molecular complexity index is 504. The molecule has 6 heteroatoms. The minimum absolute atomic E-state index is 0.0696. The topological polar surface area (TPSA) is 96.9 Å². The lowest BCUT2D eigenvalue weighted by atomic mass is 9.96. The average Bonchev–Trinajstić information content (AvgIpc) is 2.96. The Kier molecular flexibility index (Phi) is 5.16. The molecule has 0 heterocycles. The first-order valence-electron chi connectivity index (χ1n) is 7.01. The van der Waals surface area contributed by atoms with Crippen molar-refractivity contribution < 1.29 is 14.7 Å². The van der Waals surface area contributed by atoms with Crippen LogP contribution in [0.5, 0.6) is 0 Å². The van der Waals surface area contributed by atoms with Crippen LogP contribution in [0.2, 0.25) is 0 Å². The average molecular weight is 291 g/mol. The summed E-state index contributed by atoms with van der Waals surface area (Å²) in [5.41, 5.74) is 6.39. The molecule has 1 amide bonds. The van der Waals surface area contributed by atoms with Crippen molar-refractivity contribution in [3.05, 3.63) is 35.9 Å². The molecule has 3 unspecified atom stereocenters. The Morgan fingerprint density at radius 3 is 2.71 bits per heavy atom. The third-order valence-corrected chi connectivity index (χ3v) is 3.87. The number of nitrogens with two attached hydrogens (primary N) is 1. The zero-order valence-electron chi connectivity index (χ0n) is 12.0. The van der Waals surface area contributed by atoms with Gasteiger partial charge in [-0.15, -0.1) is 0 Å². The maximum atomic E-state index is 12.5. The summed E-state index contributed by atoms with van der Waals surface area (Å²) in [7, 11) is 1.68. The van der Waals surface area contributed by atoms with Gasteiger partial charge in [0.1, 0.15) is 5.92 Å². The third kappa shape index (κ3) is 3.72. The van der Waals surface area contributed by atoms with E-state index in [1.54, 1.807) is 19.2 Å². The highest BCUT2D eigenvalue weighted by Gasteiger charge is 2.30. The molecule has 0 spiro atoms. The zero-order chi connectivity index (χ0) is 15.2. The number of amides is 1. The number of carbonyl (C=O) groups excluding carboxylic acids is 1. The minimum atomic E-state index is -0.780. The quantitative estimate of drug-likeness (QED) is 0.329. The Morgan fingerprint density at radius 1 is 1.43 bits per heavy atom. The van der Waals surface area contributed by atoms with Crippen molar-refractivity contribution in [1.82, 2.24) is 5.32 Å². The molecule has 0 aromatic heterocycles. The fourth-order valence-electron chi connectivity index (χ4n) is 2.73. The minimum Gasteiger partial charge on any atom is -0.409 e. The lowest BCUT2D eigenvalue weighted by Gasteiger charge is -2.19. The molecule has 1 aliphatic rings. The predicted octanol–water partition coefficient (Wildman–Crippen LogP) is 1.20. The highest BCUT2D eigenvalue weighted by Crippen LogP contribution is 2.23. The largest absolute Gasteiger partial charge is 0.409 e. The Balaban J connectivity index is 2.09. The normalized spacial score (nSPS) is 23.8. The van der Waals surface area contributed by atoms with Crippen molar-refractivity contribution in [3.8, 4) is 0 Å². The van der Waals surface area contributed by atoms with Crippen LogP contribution < -0.4 is 11.1 Å². The van der Waals surface area contributed by atoms with Gasteiger partial charge >= 0.3 is 0 Å². The number of ether oxygens (including phenoxy) is 1. The second-order valence-corrected chi connectivity index (χ2v) is 5.24. The van der Waals surface area contributed by atoms with E-state index in [1.165, 1.54) is 0 Å². The number of carbonyl (C=O) groups is 1. The van der Waals surface area contributed by atoms with Crippen LogP contribution in [0.1, 0.15) is 30.7 Å². The first-order valence-corrected chi connectivity index (χ1v) is 7.01. The highest BCUT2D eigenvalue weighted by atomic mass is 16.5. The lowest BCUT2D eigenvalue weighted by Crippen LogP contribution is -2.41. The van der Waals surface area contributed by atoms with Gasteiger partial charge in [-0.1, -0.05) is 35.5 Å². The van der Waals surface area contributed by atoms with Gasteiger partial charge in [-0.05, 0) is 24.8 Å². The van der Waals surface area contributed by atoms with Crippen LogP contribution in [0.25, 0.3) is 0 Å². The first-order chi connectivity index (χ1) is 10.2. The van der Waals surface area contributed by atoms with Crippen LogP contribution in [0, 0.1) is 0 Å². The number of rotatable bonds is 5. The van der Waals surface area contributed by atoms with Crippen LogP contribution in [0.4, 0.5) is 0 Å². The third-order valence-electron chi connectivity index (χ3n) is 3.87. The number of nitrogens with one attached hydrogen (secondary N) is 1. The van der Waals surface area contributed by atoms with Crippen LogP contribution in [-0.4, -0.2) is 36.2 Å². The molecule has 0 aliphatic heterocycles. The number of oxime groups is 1. The molecule has 1 aromatic carbocycles. The van der Waals surface area contributed by atoms with Gasteiger partial charge in [0.25, 0.3) is 0 Å². The van der Waals surface area contributed by atoms with Crippen molar-refractivity contribution in [2.75, 3.05) is 7.11 Å². The van der Waals surface area contributed by atoms with Crippen molar-refractivity contribution in [2.24, 2.45) is 10.9 Å². The lowest BCUT2D eigenvalue weighted by molar-refractivity contribution is -0.121. The van der Waals surface area contributed by atoms with Crippen LogP contribution in [0.15, 0.2) is 35.5 Å². The van der Waals surface area contributed by atoms with Crippen molar-refractivity contribution in [1.29, 1.82) is 0 Å². The van der Waals surface area contributed by atoms with Gasteiger partial charge in [-0.25, -0.2) is 0 Å². The fourth-order valence-corrected chi connectivity index (χ4v) is 2.73. The van der Waals surface area contributed by atoms with Crippen molar-refractivity contribution in [2.45, 2.75) is 37.3 Å². The van der Waals surface area contributed by atoms with E-state index in [-0.39, 0.29) is 23.9 Å². The molecule has 114 valence electrons. The summed E-state index contributed by atoms with van der Waals surface area (Å²) in [4.78, 5) is 12.5. The SMILES string of the molecule is COC1CCC(NC(=O)C(/C(N)=N/O)c2ccccc2)C1. The molecule has 0 saturated heterocycles. The number of nitrogens with zero attached hydrogens (tertiary/aromatic N) is 1. The monoisotopic (exact) mass is 291 g/mol. The van der Waals surface area contributed by atoms with E-state index < -0.39 is 5.92 Å². The van der Waals surface area contributed by atoms with E-state index >= 15 is 0 Å². The van der Waals surface area contributed by atoms with Gasteiger partial charge in [-0.2, -0.15) is 0 Å². The molecule has 1 saturated carbocycles. The number of benzene rings is 1. The summed E-state index contributed by atoms with van der Waals surface area (Å²) < 4.78 is 5.30. The van der Waals surface area contributed by atoms with E-state index in [9.17, 15) is 4.79 Å². The summed E-state index contributed by atoms with van der Waals surface area (Å²) in [5, 5.41) is 14.9. The smallest absolute Gasteiger partial charge is 0.235 e. The van der Waals surface area contributed by atoms with E-state index in [4.69, 9.17) is 15.7 Å². The molecule has 1 aliphatic carbocycles. The molecule has 1 fully saturated rings. The Hall–Kier alpha value is -2.08. The van der Waals surface area contributed by atoms with E-state index in [1.807, 2.05) is 18.2 Å². The maximum Gasteiger partial charge on any atom is 0.235 e. The maximum absolute atomic E-state index is 12.5. The van der Waals surface area contributed by atoms with Crippen LogP contribution in [-0.2, 0) is 9.53 Å². The van der Waals surface area contributed by atoms with Gasteiger partial charge in [0.2, 0.25) is 5.91 Å². The summed E-state index contributed by atoms with van der Waals surface area (Å²) in [6, 6.07) is 9.13. The standard InChI is InChI=1S/C15H21N3O3/c1-21-12-8-7-11(9-12)17-15(19)13(14(16)18-20)10-5-3-2-4-6-10/h2-6,11-13,20H,7-9H2,1H3,(H2,16,18)(H,17,19). The van der Waals surface area contributed by atoms with Crippen molar-refractivity contribution in [3.63, 3.8) is 0 Å². The summed E-state index contributed by atoms with van der Waals surface area (Å²) >= 11 is 0. The second-order valence-electron chi connectivity index (χ2n) is 5.24. The first kappa shape index (κ1) is 15.3. The van der Waals surface area contributed by atoms with Gasteiger partial charge in [0.05, 0.1) is 6.10 Å². The van der Waals surface area contributed by atoms with E-state index in [0.29, 0.717) is 5.56 Å². The van der Waals surface area contributed by atoms with E-state index in [2.05, 4.69) is 10.5 Å². The van der Waals surface area contributed by atoms with E-state index in [0.717, 1.165) is 19.3 Å². The van der Waals surface area contributed by atoms with Crippen molar-refractivity contribution >= 4 is 11.7 Å². The van der Waals surface area contributed by atoms with Gasteiger partial charge < -0.3 is 21.0 Å². The van der Waals surface area contributed by atoms with Crippen LogP contribution >= 0.6 is 0 Å². The van der Waals surface area contributed by atoms with Gasteiger partial charge in [0.15, 0.2) is 5.84 Å². The molecule has 2 rings (SSSR count). The highest BCUT2D eigenvalue weighted by molar-refractivity contribution is 6.07. The molecule has 0 radical (unpaired) electrons. The number of hydrogen-bond donors (Lipinski definition) is 3. The summed E-state index contributed by atoms with van der Waals surface area (Å²) in [6.07, 6.45) is 2.79. The molecular formula is C15H21N3O3. The second kappa shape index (κ2) is 7.08. The van der Waals surface area contributed by atoms with Gasteiger partial charge in [0, 0.05) is 13.2 Å². The van der Waals surface area contributed by atoms with Gasteiger partial charge in [-0.3, -0.25) is 4.79 Å². The molecular weight excluding hydrogens is 270 g/mol. The zero-order valence-corrected chi connectivity index (χ0v) is 12.0. The number of amidine groups is 1. The fraction of sp³-hybridized carbons (Fsp3) is 0.467. The molecule has 1 aromatic rings. The molecule has 21 heavy (non-hydrogen) atoms. The summed E-state index contributed by atoms with van der Waals surface area (Å²) in [5.74, 6) is -1.14. The van der Waals surface area contributed by atoms with Crippen LogP contribution in [0.3, 0.4) is 0 Å². The molecule has 3 atom stereocenters. The molecule has 0 bridgehead atoms. The number of hydrogen-bond acceptors (Lipinski definition) is 4. The Labute approximate surface area is 124 Å². The predicted molar refractivity (Wildman–Crippen MR) is 79.2 cm³/mol. The summed E-state index contributed by atoms with van der Waals surface area (Å²) in [6.45, 7) is 0. The Morgan fingerprint density at radius 2 is 2.14 bits per heavy atom. The molecule has 4 N–H and O–H groups in total. The molecule has 6 nitrogen and oxygen atoms in total. The number of methoxy groups -OCH3 is 1.